The molecule has 0 unspecified atom stereocenters. The zero-order valence-electron chi connectivity index (χ0n) is 10.8. The fourth-order valence-electron chi connectivity index (χ4n) is 1.61. The van der Waals surface area contributed by atoms with Gasteiger partial charge in [-0.3, -0.25) is 0 Å². The van der Waals surface area contributed by atoms with E-state index in [1.54, 1.807) is 38.6 Å². The van der Waals surface area contributed by atoms with E-state index in [1.807, 2.05) is 6.07 Å². The SMILES string of the molecule is COc1ccc(Nc2ccnc(CO)n2)cc1OC. The van der Waals surface area contributed by atoms with E-state index in [9.17, 15) is 0 Å². The fourth-order valence-corrected chi connectivity index (χ4v) is 1.61. The van der Waals surface area contributed by atoms with E-state index in [0.717, 1.165) is 5.69 Å². The quantitative estimate of drug-likeness (QED) is 0.853. The molecule has 0 fully saturated rings. The van der Waals surface area contributed by atoms with E-state index in [0.29, 0.717) is 23.1 Å². The van der Waals surface area contributed by atoms with Crippen molar-refractivity contribution in [2.24, 2.45) is 0 Å². The molecule has 1 aromatic heterocycles. The maximum absolute atomic E-state index is 8.99. The first-order valence-electron chi connectivity index (χ1n) is 5.68. The number of ether oxygens (including phenoxy) is 2. The van der Waals surface area contributed by atoms with Crippen LogP contribution < -0.4 is 14.8 Å². The Morgan fingerprint density at radius 3 is 2.63 bits per heavy atom. The number of aliphatic hydroxyl groups is 1. The molecule has 2 aromatic rings. The third-order valence-corrected chi connectivity index (χ3v) is 2.50. The van der Waals surface area contributed by atoms with E-state index < -0.39 is 0 Å². The summed E-state index contributed by atoms with van der Waals surface area (Å²) in [5.74, 6) is 2.26. The summed E-state index contributed by atoms with van der Waals surface area (Å²) in [7, 11) is 3.17. The molecule has 0 aliphatic rings. The van der Waals surface area contributed by atoms with Gasteiger partial charge in [0.25, 0.3) is 0 Å². The Bertz CT molecular complexity index is 561. The summed E-state index contributed by atoms with van der Waals surface area (Å²) >= 11 is 0. The summed E-state index contributed by atoms with van der Waals surface area (Å²) in [6.45, 7) is -0.193. The third kappa shape index (κ3) is 3.11. The molecule has 0 saturated heterocycles. The molecular weight excluding hydrogens is 246 g/mol. The maximum Gasteiger partial charge on any atom is 0.162 e. The van der Waals surface area contributed by atoms with Gasteiger partial charge in [-0.05, 0) is 18.2 Å². The maximum atomic E-state index is 8.99. The van der Waals surface area contributed by atoms with Gasteiger partial charge in [-0.2, -0.15) is 0 Å². The topological polar surface area (TPSA) is 76.5 Å². The molecule has 19 heavy (non-hydrogen) atoms. The van der Waals surface area contributed by atoms with Crippen LogP contribution >= 0.6 is 0 Å². The molecular formula is C13H15N3O3. The second kappa shape index (κ2) is 6.01. The number of hydrogen-bond acceptors (Lipinski definition) is 6. The van der Waals surface area contributed by atoms with Crippen LogP contribution in [0.25, 0.3) is 0 Å². The van der Waals surface area contributed by atoms with E-state index >= 15 is 0 Å². The Labute approximate surface area is 111 Å². The fraction of sp³-hybridized carbons (Fsp3) is 0.231. The molecule has 0 atom stereocenters. The Morgan fingerprint density at radius 2 is 1.95 bits per heavy atom. The molecule has 6 heteroatoms. The number of anilines is 2. The summed E-state index contributed by atoms with van der Waals surface area (Å²) in [5, 5.41) is 12.1. The van der Waals surface area contributed by atoms with Crippen LogP contribution in [-0.2, 0) is 6.61 Å². The lowest BCUT2D eigenvalue weighted by atomic mass is 10.2. The minimum absolute atomic E-state index is 0.193. The number of nitrogens with one attached hydrogen (secondary N) is 1. The van der Waals surface area contributed by atoms with Crippen molar-refractivity contribution >= 4 is 11.5 Å². The van der Waals surface area contributed by atoms with Crippen molar-refractivity contribution in [1.82, 2.24) is 9.97 Å². The summed E-state index contributed by atoms with van der Waals surface area (Å²) in [6.07, 6.45) is 1.58. The largest absolute Gasteiger partial charge is 0.493 e. The number of methoxy groups -OCH3 is 2. The van der Waals surface area contributed by atoms with Crippen molar-refractivity contribution in [3.05, 3.63) is 36.3 Å². The standard InChI is InChI=1S/C13H15N3O3/c1-18-10-4-3-9(7-11(10)19-2)15-12-5-6-14-13(8-17)16-12/h3-7,17H,8H2,1-2H3,(H,14,15,16). The van der Waals surface area contributed by atoms with Crippen LogP contribution in [0.15, 0.2) is 30.5 Å². The van der Waals surface area contributed by atoms with Crippen LogP contribution in [0.1, 0.15) is 5.82 Å². The average molecular weight is 261 g/mol. The predicted molar refractivity (Wildman–Crippen MR) is 70.8 cm³/mol. The molecule has 2 N–H and O–H groups in total. The Balaban J connectivity index is 2.22. The molecule has 0 amide bonds. The van der Waals surface area contributed by atoms with Gasteiger partial charge in [0.2, 0.25) is 0 Å². The molecule has 0 radical (unpaired) electrons. The minimum atomic E-state index is -0.193. The third-order valence-electron chi connectivity index (χ3n) is 2.50. The zero-order valence-corrected chi connectivity index (χ0v) is 10.8. The van der Waals surface area contributed by atoms with Gasteiger partial charge in [-0.25, -0.2) is 9.97 Å². The van der Waals surface area contributed by atoms with Crippen LogP contribution in [0, 0.1) is 0 Å². The van der Waals surface area contributed by atoms with Gasteiger partial charge < -0.3 is 19.9 Å². The van der Waals surface area contributed by atoms with Gasteiger partial charge in [0, 0.05) is 18.0 Å². The van der Waals surface area contributed by atoms with Crippen molar-refractivity contribution in [1.29, 1.82) is 0 Å². The van der Waals surface area contributed by atoms with Crippen LogP contribution in [0.3, 0.4) is 0 Å². The van der Waals surface area contributed by atoms with Crippen molar-refractivity contribution < 1.29 is 14.6 Å². The summed E-state index contributed by atoms with van der Waals surface area (Å²) < 4.78 is 10.4. The van der Waals surface area contributed by atoms with Gasteiger partial charge in [0.15, 0.2) is 17.3 Å². The second-order valence-electron chi connectivity index (χ2n) is 3.71. The Kier molecular flexibility index (Phi) is 4.15. The first kappa shape index (κ1) is 13.1. The van der Waals surface area contributed by atoms with Crippen molar-refractivity contribution in [3.8, 4) is 11.5 Å². The van der Waals surface area contributed by atoms with Crippen molar-refractivity contribution in [2.75, 3.05) is 19.5 Å². The number of hydrogen-bond donors (Lipinski definition) is 2. The number of aliphatic hydroxyl groups excluding tert-OH is 1. The normalized spacial score (nSPS) is 10.1. The lowest BCUT2D eigenvalue weighted by Crippen LogP contribution is -2.00. The summed E-state index contributed by atoms with van der Waals surface area (Å²) in [4.78, 5) is 8.06. The lowest BCUT2D eigenvalue weighted by molar-refractivity contribution is 0.271. The highest BCUT2D eigenvalue weighted by Gasteiger charge is 2.05. The zero-order chi connectivity index (χ0) is 13.7. The highest BCUT2D eigenvalue weighted by molar-refractivity contribution is 5.61. The van der Waals surface area contributed by atoms with Gasteiger partial charge in [0.1, 0.15) is 12.4 Å². The van der Waals surface area contributed by atoms with Gasteiger partial charge in [0.05, 0.1) is 14.2 Å². The van der Waals surface area contributed by atoms with Gasteiger partial charge in [-0.1, -0.05) is 0 Å². The molecule has 1 heterocycles. The van der Waals surface area contributed by atoms with Gasteiger partial charge in [-0.15, -0.1) is 0 Å². The van der Waals surface area contributed by atoms with Crippen LogP contribution in [0.2, 0.25) is 0 Å². The van der Waals surface area contributed by atoms with Crippen LogP contribution in [0.5, 0.6) is 11.5 Å². The predicted octanol–water partition coefficient (Wildman–Crippen LogP) is 1.73. The first-order chi connectivity index (χ1) is 9.26. The summed E-state index contributed by atoms with van der Waals surface area (Å²) in [6, 6.07) is 7.17. The molecule has 0 saturated carbocycles. The van der Waals surface area contributed by atoms with E-state index in [1.165, 1.54) is 0 Å². The van der Waals surface area contributed by atoms with Crippen molar-refractivity contribution in [3.63, 3.8) is 0 Å². The van der Waals surface area contributed by atoms with Gasteiger partial charge >= 0.3 is 0 Å². The highest BCUT2D eigenvalue weighted by Crippen LogP contribution is 2.30. The van der Waals surface area contributed by atoms with E-state index in [2.05, 4.69) is 15.3 Å². The molecule has 2 rings (SSSR count). The molecule has 6 nitrogen and oxygen atoms in total. The number of benzene rings is 1. The van der Waals surface area contributed by atoms with E-state index in [4.69, 9.17) is 14.6 Å². The van der Waals surface area contributed by atoms with Crippen molar-refractivity contribution in [2.45, 2.75) is 6.61 Å². The molecule has 0 aliphatic carbocycles. The average Bonchev–Trinajstić information content (AvgIpc) is 2.47. The molecule has 0 aliphatic heterocycles. The minimum Gasteiger partial charge on any atom is -0.493 e. The van der Waals surface area contributed by atoms with E-state index in [-0.39, 0.29) is 6.61 Å². The number of rotatable bonds is 5. The molecule has 100 valence electrons. The Morgan fingerprint density at radius 1 is 1.16 bits per heavy atom. The monoisotopic (exact) mass is 261 g/mol. The second-order valence-corrected chi connectivity index (χ2v) is 3.71. The highest BCUT2D eigenvalue weighted by atomic mass is 16.5. The smallest absolute Gasteiger partial charge is 0.162 e. The molecule has 0 spiro atoms. The van der Waals surface area contributed by atoms with Crippen LogP contribution in [-0.4, -0.2) is 29.3 Å². The van der Waals surface area contributed by atoms with Crippen LogP contribution in [0.4, 0.5) is 11.5 Å². The Hall–Kier alpha value is -2.34. The lowest BCUT2D eigenvalue weighted by Gasteiger charge is -2.11. The molecule has 0 bridgehead atoms. The number of nitrogens with zero attached hydrogens (tertiary/aromatic N) is 2. The molecule has 1 aromatic carbocycles. The first-order valence-corrected chi connectivity index (χ1v) is 5.68. The summed E-state index contributed by atoms with van der Waals surface area (Å²) in [5.41, 5.74) is 0.806. The number of aromatic nitrogens is 2.